The van der Waals surface area contributed by atoms with E-state index >= 15 is 0 Å². The number of benzene rings is 1. The van der Waals surface area contributed by atoms with E-state index in [1.165, 1.54) is 0 Å². The number of hydrogen-bond donors (Lipinski definition) is 1. The third-order valence-electron chi connectivity index (χ3n) is 3.09. The summed E-state index contributed by atoms with van der Waals surface area (Å²) in [6.45, 7) is 6.98. The normalized spacial score (nSPS) is 10.4. The fourth-order valence-electron chi connectivity index (χ4n) is 1.92. The number of ether oxygens (including phenoxy) is 1. The van der Waals surface area contributed by atoms with Crippen LogP contribution in [0.2, 0.25) is 0 Å². The number of aryl methyl sites for hydroxylation is 2. The van der Waals surface area contributed by atoms with Gasteiger partial charge in [0.15, 0.2) is 5.69 Å². The summed E-state index contributed by atoms with van der Waals surface area (Å²) in [4.78, 5) is 11.9. The van der Waals surface area contributed by atoms with Crippen LogP contribution < -0.4 is 10.1 Å². The van der Waals surface area contributed by atoms with Crippen molar-refractivity contribution in [3.63, 3.8) is 0 Å². The molecule has 1 aromatic heterocycles. The first-order valence-electron chi connectivity index (χ1n) is 7.04. The predicted molar refractivity (Wildman–Crippen MR) is 79.4 cm³/mol. The fraction of sp³-hybridized carbons (Fsp3) is 0.375. The lowest BCUT2D eigenvalue weighted by Gasteiger charge is -2.10. The van der Waals surface area contributed by atoms with Gasteiger partial charge >= 0.3 is 0 Å². The van der Waals surface area contributed by atoms with Crippen molar-refractivity contribution >= 4 is 5.91 Å². The molecule has 1 amide bonds. The lowest BCUT2D eigenvalue weighted by atomic mass is 10.1. The van der Waals surface area contributed by atoms with Crippen molar-refractivity contribution in [2.45, 2.75) is 33.7 Å². The lowest BCUT2D eigenvalue weighted by molar-refractivity contribution is 0.0942. The molecule has 0 saturated heterocycles. The average Bonchev–Trinajstić information content (AvgIpc) is 2.90. The molecule has 112 valence electrons. The standard InChI is InChI=1S/C16H20N2O3/c1-4-7-20-14-6-5-13(11(2)8-14)10-17-16(19)15-9-12(3)21-18-15/h5-6,8-9H,4,7,10H2,1-3H3,(H,17,19). The topological polar surface area (TPSA) is 64.4 Å². The molecule has 1 aromatic carbocycles. The van der Waals surface area contributed by atoms with Gasteiger partial charge in [0.05, 0.1) is 6.61 Å². The molecular weight excluding hydrogens is 268 g/mol. The highest BCUT2D eigenvalue weighted by Gasteiger charge is 2.11. The van der Waals surface area contributed by atoms with Gasteiger partial charge in [-0.25, -0.2) is 0 Å². The highest BCUT2D eigenvalue weighted by molar-refractivity contribution is 5.92. The number of nitrogens with one attached hydrogen (secondary N) is 1. The molecule has 0 aliphatic rings. The number of carbonyl (C=O) groups is 1. The van der Waals surface area contributed by atoms with Gasteiger partial charge in [-0.05, 0) is 43.5 Å². The van der Waals surface area contributed by atoms with Crippen LogP contribution in [0.25, 0.3) is 0 Å². The van der Waals surface area contributed by atoms with E-state index in [2.05, 4.69) is 17.4 Å². The summed E-state index contributed by atoms with van der Waals surface area (Å²) in [5.74, 6) is 1.24. The Balaban J connectivity index is 1.95. The molecule has 2 rings (SSSR count). The van der Waals surface area contributed by atoms with Crippen molar-refractivity contribution < 1.29 is 14.1 Å². The molecule has 2 aromatic rings. The van der Waals surface area contributed by atoms with E-state index in [-0.39, 0.29) is 5.91 Å². The van der Waals surface area contributed by atoms with Gasteiger partial charge in [-0.3, -0.25) is 4.79 Å². The Labute approximate surface area is 124 Å². The first-order valence-corrected chi connectivity index (χ1v) is 7.04. The average molecular weight is 288 g/mol. The number of aromatic nitrogens is 1. The zero-order chi connectivity index (χ0) is 15.2. The lowest BCUT2D eigenvalue weighted by Crippen LogP contribution is -2.23. The molecule has 0 saturated carbocycles. The Morgan fingerprint density at radius 3 is 2.76 bits per heavy atom. The highest BCUT2D eigenvalue weighted by Crippen LogP contribution is 2.17. The van der Waals surface area contributed by atoms with Gasteiger partial charge in [0.1, 0.15) is 11.5 Å². The molecule has 0 fully saturated rings. The monoisotopic (exact) mass is 288 g/mol. The maximum absolute atomic E-state index is 11.9. The van der Waals surface area contributed by atoms with Crippen molar-refractivity contribution in [2.75, 3.05) is 6.61 Å². The molecule has 21 heavy (non-hydrogen) atoms. The van der Waals surface area contributed by atoms with Crippen molar-refractivity contribution in [3.8, 4) is 5.75 Å². The van der Waals surface area contributed by atoms with Gasteiger partial charge in [-0.15, -0.1) is 0 Å². The van der Waals surface area contributed by atoms with Gasteiger partial charge in [0.2, 0.25) is 0 Å². The minimum atomic E-state index is -0.238. The van der Waals surface area contributed by atoms with Gasteiger partial charge in [0, 0.05) is 12.6 Å². The Kier molecular flexibility index (Phi) is 4.98. The minimum absolute atomic E-state index is 0.238. The molecule has 0 atom stereocenters. The van der Waals surface area contributed by atoms with Crippen molar-refractivity contribution in [3.05, 3.63) is 46.8 Å². The molecule has 0 aliphatic heterocycles. The second kappa shape index (κ2) is 6.92. The molecule has 5 nitrogen and oxygen atoms in total. The first-order chi connectivity index (χ1) is 10.1. The third kappa shape index (κ3) is 4.08. The molecule has 1 N–H and O–H groups in total. The summed E-state index contributed by atoms with van der Waals surface area (Å²) in [5.41, 5.74) is 2.43. The summed E-state index contributed by atoms with van der Waals surface area (Å²) in [6, 6.07) is 7.49. The summed E-state index contributed by atoms with van der Waals surface area (Å²) < 4.78 is 10.5. The van der Waals surface area contributed by atoms with Crippen LogP contribution in [-0.2, 0) is 6.54 Å². The van der Waals surface area contributed by atoms with Crippen LogP contribution in [0.15, 0.2) is 28.8 Å². The molecule has 0 unspecified atom stereocenters. The van der Waals surface area contributed by atoms with E-state index in [1.54, 1.807) is 13.0 Å². The Bertz CT molecular complexity index is 620. The minimum Gasteiger partial charge on any atom is -0.494 e. The molecule has 5 heteroatoms. The quantitative estimate of drug-likeness (QED) is 0.887. The van der Waals surface area contributed by atoms with Crippen LogP contribution >= 0.6 is 0 Å². The van der Waals surface area contributed by atoms with Crippen LogP contribution in [0.1, 0.15) is 40.7 Å². The number of rotatable bonds is 6. The number of amides is 1. The van der Waals surface area contributed by atoms with Crippen molar-refractivity contribution in [1.29, 1.82) is 0 Å². The molecular formula is C16H20N2O3. The Hall–Kier alpha value is -2.30. The molecule has 0 aliphatic carbocycles. The maximum Gasteiger partial charge on any atom is 0.273 e. The van der Waals surface area contributed by atoms with E-state index in [9.17, 15) is 4.79 Å². The van der Waals surface area contributed by atoms with Crippen LogP contribution in [0.3, 0.4) is 0 Å². The third-order valence-corrected chi connectivity index (χ3v) is 3.09. The summed E-state index contributed by atoms with van der Waals surface area (Å²) >= 11 is 0. The zero-order valence-electron chi connectivity index (χ0n) is 12.6. The van der Waals surface area contributed by atoms with Crippen LogP contribution in [0.5, 0.6) is 5.75 Å². The summed E-state index contributed by atoms with van der Waals surface area (Å²) in [5, 5.41) is 6.52. The molecule has 0 radical (unpaired) electrons. The van der Waals surface area contributed by atoms with Gasteiger partial charge in [-0.2, -0.15) is 0 Å². The van der Waals surface area contributed by atoms with E-state index < -0.39 is 0 Å². The van der Waals surface area contributed by atoms with E-state index in [0.29, 0.717) is 24.6 Å². The Morgan fingerprint density at radius 1 is 1.33 bits per heavy atom. The molecule has 0 bridgehead atoms. The maximum atomic E-state index is 11.9. The zero-order valence-corrected chi connectivity index (χ0v) is 12.6. The van der Waals surface area contributed by atoms with Crippen molar-refractivity contribution in [2.24, 2.45) is 0 Å². The van der Waals surface area contributed by atoms with Crippen LogP contribution in [-0.4, -0.2) is 17.7 Å². The summed E-state index contributed by atoms with van der Waals surface area (Å²) in [6.07, 6.45) is 0.980. The largest absolute Gasteiger partial charge is 0.494 e. The SMILES string of the molecule is CCCOc1ccc(CNC(=O)c2cc(C)on2)c(C)c1. The van der Waals surface area contributed by atoms with Gasteiger partial charge in [0.25, 0.3) is 5.91 Å². The van der Waals surface area contributed by atoms with E-state index in [4.69, 9.17) is 9.26 Å². The fourth-order valence-corrected chi connectivity index (χ4v) is 1.92. The first kappa shape index (κ1) is 15.1. The van der Waals surface area contributed by atoms with Crippen LogP contribution in [0.4, 0.5) is 0 Å². The molecule has 1 heterocycles. The predicted octanol–water partition coefficient (Wildman–Crippen LogP) is 3.01. The van der Waals surface area contributed by atoms with Crippen LogP contribution in [0, 0.1) is 13.8 Å². The number of nitrogens with zero attached hydrogens (tertiary/aromatic N) is 1. The second-order valence-electron chi connectivity index (χ2n) is 4.94. The smallest absolute Gasteiger partial charge is 0.273 e. The number of carbonyl (C=O) groups excluding carboxylic acids is 1. The van der Waals surface area contributed by atoms with Gasteiger partial charge < -0.3 is 14.6 Å². The Morgan fingerprint density at radius 2 is 2.14 bits per heavy atom. The van der Waals surface area contributed by atoms with Gasteiger partial charge in [-0.1, -0.05) is 18.1 Å². The van der Waals surface area contributed by atoms with Crippen molar-refractivity contribution in [1.82, 2.24) is 10.5 Å². The van der Waals surface area contributed by atoms with E-state index in [1.807, 2.05) is 25.1 Å². The second-order valence-corrected chi connectivity index (χ2v) is 4.94. The van der Waals surface area contributed by atoms with E-state index in [0.717, 1.165) is 23.3 Å². The number of hydrogen-bond acceptors (Lipinski definition) is 4. The molecule has 0 spiro atoms. The highest BCUT2D eigenvalue weighted by atomic mass is 16.5. The summed E-state index contributed by atoms with van der Waals surface area (Å²) in [7, 11) is 0.